The number of ether oxygens (including phenoxy) is 1. The van der Waals surface area contributed by atoms with Crippen molar-refractivity contribution in [2.75, 3.05) is 19.6 Å². The van der Waals surface area contributed by atoms with E-state index in [-0.39, 0.29) is 24.7 Å². The number of para-hydroxylation sites is 1. The van der Waals surface area contributed by atoms with Crippen molar-refractivity contribution in [3.63, 3.8) is 0 Å². The number of amides is 3. The summed E-state index contributed by atoms with van der Waals surface area (Å²) in [7, 11) is 0. The van der Waals surface area contributed by atoms with E-state index in [2.05, 4.69) is 10.6 Å². The predicted octanol–water partition coefficient (Wildman–Crippen LogP) is 3.42. The molecule has 0 radical (unpaired) electrons. The van der Waals surface area contributed by atoms with Gasteiger partial charge in [-0.3, -0.25) is 9.59 Å². The van der Waals surface area contributed by atoms with Gasteiger partial charge in [0.15, 0.2) is 0 Å². The van der Waals surface area contributed by atoms with Gasteiger partial charge in [0.2, 0.25) is 11.8 Å². The van der Waals surface area contributed by atoms with Gasteiger partial charge in [-0.15, -0.1) is 0 Å². The van der Waals surface area contributed by atoms with Crippen LogP contribution < -0.4 is 10.6 Å². The standard InChI is InChI=1S/C23H37N3O5/c1-7-9-13-24-21(29)19(17-12-10-11-16(3)20(17)28)26(14-8-2)18(27)15-25-22(30)31-23(4,5)6/h10-12,19,28H,7-9,13-15H2,1-6H3,(H,24,29)(H,25,30). The highest BCUT2D eigenvalue weighted by atomic mass is 16.6. The van der Waals surface area contributed by atoms with Gasteiger partial charge in [-0.1, -0.05) is 38.5 Å². The Kier molecular flexibility index (Phi) is 10.3. The monoisotopic (exact) mass is 435 g/mol. The fourth-order valence-electron chi connectivity index (χ4n) is 3.04. The number of nitrogens with zero attached hydrogens (tertiary/aromatic N) is 1. The molecule has 0 aliphatic carbocycles. The Hall–Kier alpha value is -2.77. The third-order valence-electron chi connectivity index (χ3n) is 4.52. The van der Waals surface area contributed by atoms with Crippen LogP contribution in [-0.4, -0.2) is 53.1 Å². The van der Waals surface area contributed by atoms with Crippen molar-refractivity contribution in [2.45, 2.75) is 72.4 Å². The summed E-state index contributed by atoms with van der Waals surface area (Å²) in [6.07, 6.45) is 1.61. The number of unbranched alkanes of at least 4 members (excludes halogenated alkanes) is 1. The van der Waals surface area contributed by atoms with Gasteiger partial charge in [0.1, 0.15) is 23.9 Å². The number of alkyl carbamates (subject to hydrolysis) is 1. The maximum Gasteiger partial charge on any atom is 0.408 e. The molecule has 0 saturated heterocycles. The number of carbonyl (C=O) groups excluding carboxylic acids is 3. The van der Waals surface area contributed by atoms with Crippen LogP contribution in [0.1, 0.15) is 71.0 Å². The number of hydrogen-bond donors (Lipinski definition) is 3. The summed E-state index contributed by atoms with van der Waals surface area (Å²) < 4.78 is 5.18. The van der Waals surface area contributed by atoms with Crippen LogP contribution in [0.5, 0.6) is 5.75 Å². The largest absolute Gasteiger partial charge is 0.507 e. The molecule has 1 atom stereocenters. The van der Waals surface area contributed by atoms with Crippen LogP contribution in [0.15, 0.2) is 18.2 Å². The number of nitrogens with one attached hydrogen (secondary N) is 2. The molecule has 1 rings (SSSR count). The maximum atomic E-state index is 13.1. The van der Waals surface area contributed by atoms with E-state index < -0.39 is 23.6 Å². The van der Waals surface area contributed by atoms with Gasteiger partial charge >= 0.3 is 6.09 Å². The molecular weight excluding hydrogens is 398 g/mol. The van der Waals surface area contributed by atoms with E-state index in [1.807, 2.05) is 13.8 Å². The van der Waals surface area contributed by atoms with Crippen LogP contribution in [0.2, 0.25) is 0 Å². The molecule has 174 valence electrons. The number of phenols is 1. The first-order chi connectivity index (χ1) is 14.5. The summed E-state index contributed by atoms with van der Waals surface area (Å²) in [4.78, 5) is 39.5. The zero-order chi connectivity index (χ0) is 23.6. The SMILES string of the molecule is CCCCNC(=O)C(c1cccc(C)c1O)N(CCC)C(=O)CNC(=O)OC(C)(C)C. The smallest absolute Gasteiger partial charge is 0.408 e. The van der Waals surface area contributed by atoms with E-state index >= 15 is 0 Å². The van der Waals surface area contributed by atoms with E-state index in [9.17, 15) is 19.5 Å². The molecular formula is C23H37N3O5. The molecule has 0 heterocycles. The molecule has 0 aliphatic rings. The first-order valence-electron chi connectivity index (χ1n) is 10.8. The highest BCUT2D eigenvalue weighted by Crippen LogP contribution is 2.32. The molecule has 0 spiro atoms. The van der Waals surface area contributed by atoms with Gasteiger partial charge in [0.25, 0.3) is 0 Å². The average Bonchev–Trinajstić information content (AvgIpc) is 2.67. The minimum Gasteiger partial charge on any atom is -0.507 e. The lowest BCUT2D eigenvalue weighted by atomic mass is 9.99. The fourth-order valence-corrected chi connectivity index (χ4v) is 3.04. The van der Waals surface area contributed by atoms with Crippen molar-refractivity contribution in [1.82, 2.24) is 15.5 Å². The highest BCUT2D eigenvalue weighted by Gasteiger charge is 2.33. The second kappa shape index (κ2) is 12.2. The molecule has 1 unspecified atom stereocenters. The van der Waals surface area contributed by atoms with Crippen LogP contribution in [0.3, 0.4) is 0 Å². The summed E-state index contributed by atoms with van der Waals surface area (Å²) in [6, 6.07) is 4.11. The second-order valence-corrected chi connectivity index (χ2v) is 8.50. The minimum absolute atomic E-state index is 0.0212. The van der Waals surface area contributed by atoms with Gasteiger partial charge in [-0.2, -0.15) is 0 Å². The van der Waals surface area contributed by atoms with Crippen molar-refractivity contribution < 1.29 is 24.2 Å². The summed E-state index contributed by atoms with van der Waals surface area (Å²) >= 11 is 0. The third kappa shape index (κ3) is 8.47. The summed E-state index contributed by atoms with van der Waals surface area (Å²) in [6.45, 7) is 11.3. The van der Waals surface area contributed by atoms with E-state index in [1.54, 1.807) is 45.9 Å². The number of phenolic OH excluding ortho intramolecular Hbond substituents is 1. The van der Waals surface area contributed by atoms with Gasteiger partial charge in [-0.05, 0) is 46.1 Å². The van der Waals surface area contributed by atoms with Crippen LogP contribution in [-0.2, 0) is 14.3 Å². The zero-order valence-corrected chi connectivity index (χ0v) is 19.6. The van der Waals surface area contributed by atoms with E-state index in [4.69, 9.17) is 4.74 Å². The topological polar surface area (TPSA) is 108 Å². The average molecular weight is 436 g/mol. The Bertz CT molecular complexity index is 758. The number of hydrogen-bond acceptors (Lipinski definition) is 5. The molecule has 31 heavy (non-hydrogen) atoms. The Balaban J connectivity index is 3.16. The van der Waals surface area contributed by atoms with Crippen molar-refractivity contribution >= 4 is 17.9 Å². The Labute approximate surface area is 185 Å². The van der Waals surface area contributed by atoms with Crippen LogP contribution in [0, 0.1) is 6.92 Å². The first-order valence-corrected chi connectivity index (χ1v) is 10.8. The fraction of sp³-hybridized carbons (Fsp3) is 0.609. The van der Waals surface area contributed by atoms with Crippen LogP contribution in [0.4, 0.5) is 4.79 Å². The molecule has 3 N–H and O–H groups in total. The van der Waals surface area contributed by atoms with Crippen molar-refractivity contribution in [3.8, 4) is 5.75 Å². The van der Waals surface area contributed by atoms with Gasteiger partial charge < -0.3 is 25.4 Å². The molecule has 1 aromatic carbocycles. The van der Waals surface area contributed by atoms with Crippen LogP contribution >= 0.6 is 0 Å². The Morgan fingerprint density at radius 3 is 2.39 bits per heavy atom. The molecule has 8 nitrogen and oxygen atoms in total. The number of carbonyl (C=O) groups is 3. The second-order valence-electron chi connectivity index (χ2n) is 8.50. The maximum absolute atomic E-state index is 13.1. The molecule has 0 aliphatic heterocycles. The highest BCUT2D eigenvalue weighted by molar-refractivity contribution is 5.91. The van der Waals surface area contributed by atoms with Gasteiger partial charge in [0, 0.05) is 18.7 Å². The summed E-state index contributed by atoms with van der Waals surface area (Å²) in [5.41, 5.74) is 0.276. The lowest BCUT2D eigenvalue weighted by molar-refractivity contribution is -0.140. The molecule has 0 bridgehead atoms. The Morgan fingerprint density at radius 2 is 1.81 bits per heavy atom. The quantitative estimate of drug-likeness (QED) is 0.488. The van der Waals surface area contributed by atoms with Gasteiger partial charge in [-0.25, -0.2) is 4.79 Å². The molecule has 0 aromatic heterocycles. The molecule has 1 aromatic rings. The minimum atomic E-state index is -1.01. The third-order valence-corrected chi connectivity index (χ3v) is 4.52. The van der Waals surface area contributed by atoms with E-state index in [1.165, 1.54) is 4.90 Å². The summed E-state index contributed by atoms with van der Waals surface area (Å²) in [5, 5.41) is 15.9. The van der Waals surface area contributed by atoms with Gasteiger partial charge in [0.05, 0.1) is 0 Å². The lowest BCUT2D eigenvalue weighted by Crippen LogP contribution is -2.48. The first kappa shape index (κ1) is 26.3. The predicted molar refractivity (Wildman–Crippen MR) is 120 cm³/mol. The summed E-state index contributed by atoms with van der Waals surface area (Å²) in [5.74, 6) is -0.829. The number of aryl methyl sites for hydroxylation is 1. The molecule has 0 fully saturated rings. The van der Waals surface area contributed by atoms with Crippen molar-refractivity contribution in [3.05, 3.63) is 29.3 Å². The molecule has 3 amide bonds. The van der Waals surface area contributed by atoms with Crippen LogP contribution in [0.25, 0.3) is 0 Å². The Morgan fingerprint density at radius 1 is 1.13 bits per heavy atom. The molecule has 8 heteroatoms. The van der Waals surface area contributed by atoms with Crippen molar-refractivity contribution in [1.29, 1.82) is 0 Å². The number of rotatable bonds is 10. The number of benzene rings is 1. The lowest BCUT2D eigenvalue weighted by Gasteiger charge is -2.32. The normalized spacial score (nSPS) is 12.1. The van der Waals surface area contributed by atoms with E-state index in [0.29, 0.717) is 24.1 Å². The molecule has 0 saturated carbocycles. The van der Waals surface area contributed by atoms with Crippen molar-refractivity contribution in [2.24, 2.45) is 0 Å². The van der Waals surface area contributed by atoms with E-state index in [0.717, 1.165) is 12.8 Å². The zero-order valence-electron chi connectivity index (χ0n) is 19.6. The number of aromatic hydroxyl groups is 1.